The second kappa shape index (κ2) is 9.05. The van der Waals surface area contributed by atoms with E-state index in [2.05, 4.69) is 9.84 Å². The lowest BCUT2D eigenvalue weighted by Gasteiger charge is -2.10. The molecule has 0 aliphatic rings. The average Bonchev–Trinajstić information content (AvgIpc) is 2.97. The standard InChI is InChI=1S/C21H22ClF3N2O2/c1-14-11-16(22)7-6-15(14)13-27-20-12-17(29-21(23,24)25)8-9-18(20)19(26-27)5-3-2-4-10-28/h6-9,11-12,28H,2-5,10,13H2,1H3. The van der Waals surface area contributed by atoms with Gasteiger partial charge in [0.1, 0.15) is 5.75 Å². The minimum absolute atomic E-state index is 0.142. The number of rotatable bonds is 8. The van der Waals surface area contributed by atoms with E-state index in [4.69, 9.17) is 16.7 Å². The minimum atomic E-state index is -4.75. The van der Waals surface area contributed by atoms with Gasteiger partial charge >= 0.3 is 6.36 Å². The van der Waals surface area contributed by atoms with Crippen molar-refractivity contribution in [1.82, 2.24) is 9.78 Å². The van der Waals surface area contributed by atoms with Gasteiger partial charge in [-0.25, -0.2) is 0 Å². The molecule has 2 aromatic carbocycles. The van der Waals surface area contributed by atoms with Crippen molar-refractivity contribution < 1.29 is 23.0 Å². The fraction of sp³-hybridized carbons (Fsp3) is 0.381. The number of aliphatic hydroxyl groups is 1. The molecule has 0 spiro atoms. The highest BCUT2D eigenvalue weighted by molar-refractivity contribution is 6.30. The molecule has 1 aromatic heterocycles. The Bertz CT molecular complexity index is 986. The molecular weight excluding hydrogens is 405 g/mol. The molecule has 3 aromatic rings. The summed E-state index contributed by atoms with van der Waals surface area (Å²) in [5, 5.41) is 15.0. The third kappa shape index (κ3) is 5.64. The number of aliphatic hydroxyl groups excluding tert-OH is 1. The summed E-state index contributed by atoms with van der Waals surface area (Å²) in [4.78, 5) is 0. The summed E-state index contributed by atoms with van der Waals surface area (Å²) in [6.45, 7) is 2.48. The van der Waals surface area contributed by atoms with Crippen LogP contribution in [0.2, 0.25) is 5.02 Å². The molecule has 0 atom stereocenters. The van der Waals surface area contributed by atoms with Gasteiger partial charge in [0.05, 0.1) is 17.8 Å². The number of halogens is 4. The SMILES string of the molecule is Cc1cc(Cl)ccc1Cn1nc(CCCCCO)c2ccc(OC(F)(F)F)cc21. The molecule has 4 nitrogen and oxygen atoms in total. The Morgan fingerprint density at radius 2 is 1.90 bits per heavy atom. The van der Waals surface area contributed by atoms with E-state index in [0.717, 1.165) is 35.0 Å². The number of nitrogens with zero attached hydrogens (tertiary/aromatic N) is 2. The number of ether oxygens (including phenoxy) is 1. The second-order valence-corrected chi connectivity index (χ2v) is 7.37. The third-order valence-corrected chi connectivity index (χ3v) is 4.96. The Morgan fingerprint density at radius 3 is 2.59 bits per heavy atom. The molecule has 0 aliphatic carbocycles. The van der Waals surface area contributed by atoms with E-state index >= 15 is 0 Å². The van der Waals surface area contributed by atoms with Gasteiger partial charge in [0.2, 0.25) is 0 Å². The number of unbranched alkanes of at least 4 members (excludes halogenated alkanes) is 2. The molecule has 29 heavy (non-hydrogen) atoms. The van der Waals surface area contributed by atoms with Crippen molar-refractivity contribution in [3.8, 4) is 5.75 Å². The van der Waals surface area contributed by atoms with Gasteiger partial charge in [0.15, 0.2) is 0 Å². The molecule has 0 radical (unpaired) electrons. The van der Waals surface area contributed by atoms with Crippen molar-refractivity contribution >= 4 is 22.5 Å². The predicted octanol–water partition coefficient (Wildman–Crippen LogP) is 5.65. The number of aromatic nitrogens is 2. The normalized spacial score (nSPS) is 11.9. The van der Waals surface area contributed by atoms with Gasteiger partial charge in [-0.1, -0.05) is 24.1 Å². The maximum atomic E-state index is 12.6. The maximum absolute atomic E-state index is 12.6. The Hall–Kier alpha value is -2.25. The number of hydrogen-bond donors (Lipinski definition) is 1. The van der Waals surface area contributed by atoms with Crippen molar-refractivity contribution in [3.05, 3.63) is 58.2 Å². The van der Waals surface area contributed by atoms with Crippen LogP contribution in [0.3, 0.4) is 0 Å². The molecule has 0 fully saturated rings. The summed E-state index contributed by atoms with van der Waals surface area (Å²) in [7, 11) is 0. The van der Waals surface area contributed by atoms with Gasteiger partial charge < -0.3 is 9.84 Å². The number of alkyl halides is 3. The average molecular weight is 427 g/mol. The number of hydrogen-bond acceptors (Lipinski definition) is 3. The van der Waals surface area contributed by atoms with Crippen LogP contribution in [0.5, 0.6) is 5.75 Å². The highest BCUT2D eigenvalue weighted by Crippen LogP contribution is 2.29. The fourth-order valence-corrected chi connectivity index (χ4v) is 3.53. The maximum Gasteiger partial charge on any atom is 0.573 e. The van der Waals surface area contributed by atoms with E-state index < -0.39 is 6.36 Å². The number of fused-ring (bicyclic) bond motifs is 1. The summed E-state index contributed by atoms with van der Waals surface area (Å²) in [5.41, 5.74) is 3.36. The molecule has 0 aliphatic heterocycles. The predicted molar refractivity (Wildman–Crippen MR) is 106 cm³/mol. The van der Waals surface area contributed by atoms with E-state index in [0.29, 0.717) is 29.9 Å². The van der Waals surface area contributed by atoms with Gasteiger partial charge in [0.25, 0.3) is 0 Å². The van der Waals surface area contributed by atoms with Crippen molar-refractivity contribution in [1.29, 1.82) is 0 Å². The first-order valence-corrected chi connectivity index (χ1v) is 9.75. The first-order chi connectivity index (χ1) is 13.8. The molecule has 0 saturated heterocycles. The van der Waals surface area contributed by atoms with E-state index in [1.807, 2.05) is 19.1 Å². The molecule has 1 N–H and O–H groups in total. The summed E-state index contributed by atoms with van der Waals surface area (Å²) < 4.78 is 43.7. The van der Waals surface area contributed by atoms with E-state index in [-0.39, 0.29) is 12.4 Å². The third-order valence-electron chi connectivity index (χ3n) is 4.73. The lowest BCUT2D eigenvalue weighted by atomic mass is 10.1. The lowest BCUT2D eigenvalue weighted by molar-refractivity contribution is -0.274. The molecule has 8 heteroatoms. The van der Waals surface area contributed by atoms with Crippen LogP contribution in [-0.2, 0) is 13.0 Å². The van der Waals surface area contributed by atoms with Crippen LogP contribution in [0.25, 0.3) is 10.9 Å². The Kier molecular flexibility index (Phi) is 6.70. The van der Waals surface area contributed by atoms with Crippen molar-refractivity contribution in [2.45, 2.75) is 45.5 Å². The van der Waals surface area contributed by atoms with E-state index in [1.165, 1.54) is 12.1 Å². The zero-order valence-corrected chi connectivity index (χ0v) is 16.7. The Labute approximate surface area is 171 Å². The minimum Gasteiger partial charge on any atom is -0.406 e. The van der Waals surface area contributed by atoms with E-state index in [1.54, 1.807) is 16.8 Å². The molecule has 0 amide bonds. The van der Waals surface area contributed by atoms with Gasteiger partial charge in [-0.15, -0.1) is 13.2 Å². The van der Waals surface area contributed by atoms with Crippen molar-refractivity contribution in [2.75, 3.05) is 6.61 Å². The lowest BCUT2D eigenvalue weighted by Crippen LogP contribution is -2.17. The highest BCUT2D eigenvalue weighted by Gasteiger charge is 2.31. The number of benzene rings is 2. The molecule has 0 bridgehead atoms. The zero-order valence-electron chi connectivity index (χ0n) is 16.0. The summed E-state index contributed by atoms with van der Waals surface area (Å²) in [6, 6.07) is 9.82. The zero-order chi connectivity index (χ0) is 21.0. The number of aryl methyl sites for hydroxylation is 2. The smallest absolute Gasteiger partial charge is 0.406 e. The van der Waals surface area contributed by atoms with Gasteiger partial charge in [-0.05, 0) is 61.6 Å². The summed E-state index contributed by atoms with van der Waals surface area (Å²) >= 11 is 6.02. The van der Waals surface area contributed by atoms with Crippen molar-refractivity contribution in [3.63, 3.8) is 0 Å². The monoisotopic (exact) mass is 426 g/mol. The molecular formula is C21H22ClF3N2O2. The molecule has 156 valence electrons. The van der Waals surface area contributed by atoms with Crippen LogP contribution < -0.4 is 4.74 Å². The molecule has 0 saturated carbocycles. The second-order valence-electron chi connectivity index (χ2n) is 6.94. The first kappa shape index (κ1) is 21.5. The summed E-state index contributed by atoms with van der Waals surface area (Å²) in [6.07, 6.45) is -1.66. The topological polar surface area (TPSA) is 47.3 Å². The van der Waals surface area contributed by atoms with Gasteiger partial charge in [-0.3, -0.25) is 4.68 Å². The van der Waals surface area contributed by atoms with Crippen LogP contribution in [0.15, 0.2) is 36.4 Å². The molecule has 3 rings (SSSR count). The van der Waals surface area contributed by atoms with Crippen molar-refractivity contribution in [2.24, 2.45) is 0 Å². The van der Waals surface area contributed by atoms with Crippen LogP contribution >= 0.6 is 11.6 Å². The largest absolute Gasteiger partial charge is 0.573 e. The van der Waals surface area contributed by atoms with Crippen LogP contribution in [0, 0.1) is 6.92 Å². The van der Waals surface area contributed by atoms with Crippen LogP contribution in [0.4, 0.5) is 13.2 Å². The Morgan fingerprint density at radius 1 is 1.10 bits per heavy atom. The van der Waals surface area contributed by atoms with E-state index in [9.17, 15) is 13.2 Å². The Balaban J connectivity index is 1.97. The van der Waals surface area contributed by atoms with Crippen LogP contribution in [-0.4, -0.2) is 27.9 Å². The fourth-order valence-electron chi connectivity index (χ4n) is 3.30. The summed E-state index contributed by atoms with van der Waals surface area (Å²) in [5.74, 6) is -0.272. The molecule has 1 heterocycles. The first-order valence-electron chi connectivity index (χ1n) is 9.38. The van der Waals surface area contributed by atoms with Crippen LogP contribution in [0.1, 0.15) is 36.1 Å². The van der Waals surface area contributed by atoms with Gasteiger partial charge in [0, 0.05) is 23.1 Å². The van der Waals surface area contributed by atoms with Gasteiger partial charge in [-0.2, -0.15) is 5.10 Å². The quantitative estimate of drug-likeness (QED) is 0.473. The highest BCUT2D eigenvalue weighted by atomic mass is 35.5. The molecule has 0 unspecified atom stereocenters.